The third-order valence-electron chi connectivity index (χ3n) is 6.46. The van der Waals surface area contributed by atoms with Crippen LogP contribution in [0.5, 0.6) is 5.75 Å². The van der Waals surface area contributed by atoms with Crippen molar-refractivity contribution in [1.82, 2.24) is 14.5 Å². The topological polar surface area (TPSA) is 57.0 Å². The molecule has 1 aliphatic carbocycles. The summed E-state index contributed by atoms with van der Waals surface area (Å²) in [7, 11) is -1.38. The number of rotatable bonds is 7. The first-order chi connectivity index (χ1) is 16.6. The van der Waals surface area contributed by atoms with Crippen molar-refractivity contribution in [3.8, 4) is 5.75 Å². The summed E-state index contributed by atoms with van der Waals surface area (Å²) in [5.74, 6) is 1.72. The Kier molecular flexibility index (Phi) is 6.77. The quantitative estimate of drug-likeness (QED) is 0.308. The Labute approximate surface area is 203 Å². The normalized spacial score (nSPS) is 15.6. The highest BCUT2D eigenvalue weighted by Crippen LogP contribution is 2.35. The van der Waals surface area contributed by atoms with Crippen molar-refractivity contribution in [2.75, 3.05) is 0 Å². The zero-order valence-corrected chi connectivity index (χ0v) is 20.6. The average molecular weight is 474 g/mol. The molecule has 0 aliphatic heterocycles. The van der Waals surface area contributed by atoms with Gasteiger partial charge in [-0.05, 0) is 63.3 Å². The van der Waals surface area contributed by atoms with Gasteiger partial charge in [0.1, 0.15) is 11.6 Å². The second kappa shape index (κ2) is 10.1. The first-order valence-corrected chi connectivity index (χ1v) is 13.3. The number of imidazole rings is 1. The number of pyridine rings is 1. The summed E-state index contributed by atoms with van der Waals surface area (Å²) in [6.45, 7) is 4.36. The van der Waals surface area contributed by atoms with Gasteiger partial charge in [-0.3, -0.25) is 4.98 Å². The molecule has 34 heavy (non-hydrogen) atoms. The minimum atomic E-state index is -1.38. The van der Waals surface area contributed by atoms with Crippen LogP contribution >= 0.6 is 0 Å². The van der Waals surface area contributed by atoms with Gasteiger partial charge in [-0.25, -0.2) is 9.19 Å². The van der Waals surface area contributed by atoms with Gasteiger partial charge in [0.2, 0.25) is 0 Å². The largest absolute Gasteiger partial charge is 0.489 e. The number of hydrogen-bond donors (Lipinski definition) is 0. The SMILES string of the molecule is CC(C)n1c(Cc2ccccc2)nc2cc(S(=O)c3ccncc3)c(OC3CCCCC3)cc21. The summed E-state index contributed by atoms with van der Waals surface area (Å²) in [5, 5.41) is 0. The van der Waals surface area contributed by atoms with Crippen molar-refractivity contribution < 1.29 is 8.95 Å². The number of aromatic nitrogens is 3. The van der Waals surface area contributed by atoms with Crippen LogP contribution in [0.2, 0.25) is 0 Å². The molecule has 1 unspecified atom stereocenters. The molecule has 1 fully saturated rings. The highest BCUT2D eigenvalue weighted by Gasteiger charge is 2.23. The van der Waals surface area contributed by atoms with E-state index in [0.29, 0.717) is 10.6 Å². The van der Waals surface area contributed by atoms with E-state index in [1.165, 1.54) is 24.8 Å². The molecule has 1 aliphatic rings. The average Bonchev–Trinajstić information content (AvgIpc) is 3.21. The summed E-state index contributed by atoms with van der Waals surface area (Å²) in [5.41, 5.74) is 3.11. The van der Waals surface area contributed by atoms with E-state index >= 15 is 0 Å². The van der Waals surface area contributed by atoms with Crippen molar-refractivity contribution >= 4 is 21.8 Å². The molecule has 0 amide bonds. The second-order valence-corrected chi connectivity index (χ2v) is 10.7. The van der Waals surface area contributed by atoms with Crippen LogP contribution in [-0.4, -0.2) is 24.8 Å². The van der Waals surface area contributed by atoms with Crippen molar-refractivity contribution in [2.24, 2.45) is 0 Å². The van der Waals surface area contributed by atoms with E-state index in [0.717, 1.165) is 41.0 Å². The van der Waals surface area contributed by atoms with Gasteiger partial charge < -0.3 is 9.30 Å². The van der Waals surface area contributed by atoms with Crippen LogP contribution in [0, 0.1) is 0 Å². The molecule has 6 heteroatoms. The molecule has 0 radical (unpaired) electrons. The van der Waals surface area contributed by atoms with Gasteiger partial charge in [0.15, 0.2) is 0 Å². The van der Waals surface area contributed by atoms with Crippen LogP contribution in [0.25, 0.3) is 11.0 Å². The van der Waals surface area contributed by atoms with Crippen molar-refractivity contribution in [3.63, 3.8) is 0 Å². The van der Waals surface area contributed by atoms with E-state index in [4.69, 9.17) is 9.72 Å². The van der Waals surface area contributed by atoms with E-state index in [2.05, 4.69) is 53.7 Å². The molecule has 2 heterocycles. The monoisotopic (exact) mass is 473 g/mol. The Hall–Kier alpha value is -2.99. The number of ether oxygens (including phenoxy) is 1. The van der Waals surface area contributed by atoms with Gasteiger partial charge >= 0.3 is 0 Å². The zero-order valence-electron chi connectivity index (χ0n) is 19.8. The molecule has 0 N–H and O–H groups in total. The fraction of sp³-hybridized carbons (Fsp3) is 0.357. The zero-order chi connectivity index (χ0) is 23.5. The van der Waals surface area contributed by atoms with Crippen LogP contribution in [0.1, 0.15) is 63.4 Å². The van der Waals surface area contributed by atoms with E-state index < -0.39 is 10.8 Å². The third-order valence-corrected chi connectivity index (χ3v) is 7.88. The van der Waals surface area contributed by atoms with Crippen molar-refractivity contribution in [1.29, 1.82) is 0 Å². The molecule has 2 aromatic carbocycles. The van der Waals surface area contributed by atoms with E-state index in [1.54, 1.807) is 24.5 Å². The lowest BCUT2D eigenvalue weighted by atomic mass is 9.98. The predicted octanol–water partition coefficient (Wildman–Crippen LogP) is 6.48. The third kappa shape index (κ3) is 4.78. The highest BCUT2D eigenvalue weighted by molar-refractivity contribution is 7.85. The maximum Gasteiger partial charge on any atom is 0.138 e. The molecular formula is C28H31N3O2S. The first-order valence-electron chi connectivity index (χ1n) is 12.2. The molecular weight excluding hydrogens is 442 g/mol. The standard InChI is InChI=1S/C28H31N3O2S/c1-20(2)31-25-19-26(33-22-11-7-4-8-12-22)27(34(32)23-13-15-29-16-14-23)18-24(25)30-28(31)17-21-9-5-3-6-10-21/h3,5-6,9-10,13-16,18-20,22H,4,7-8,11-12,17H2,1-2H3. The van der Waals surface area contributed by atoms with Crippen molar-refractivity contribution in [3.05, 3.63) is 78.4 Å². The molecule has 0 saturated heterocycles. The Morgan fingerprint density at radius 3 is 2.47 bits per heavy atom. The lowest BCUT2D eigenvalue weighted by Crippen LogP contribution is -2.20. The van der Waals surface area contributed by atoms with Gasteiger partial charge in [0.05, 0.1) is 32.8 Å². The maximum atomic E-state index is 13.6. The molecule has 0 bridgehead atoms. The fourth-order valence-electron chi connectivity index (χ4n) is 4.82. The smallest absolute Gasteiger partial charge is 0.138 e. The van der Waals surface area contributed by atoms with E-state index in [1.807, 2.05) is 12.1 Å². The predicted molar refractivity (Wildman–Crippen MR) is 136 cm³/mol. The summed E-state index contributed by atoms with van der Waals surface area (Å²) in [6.07, 6.45) is 9.98. The summed E-state index contributed by atoms with van der Waals surface area (Å²) < 4.78 is 22.5. The summed E-state index contributed by atoms with van der Waals surface area (Å²) >= 11 is 0. The minimum absolute atomic E-state index is 0.165. The van der Waals surface area contributed by atoms with Crippen LogP contribution in [0.4, 0.5) is 0 Å². The maximum absolute atomic E-state index is 13.6. The first kappa shape index (κ1) is 22.8. The molecule has 4 aromatic rings. The van der Waals surface area contributed by atoms with Crippen LogP contribution < -0.4 is 4.74 Å². The molecule has 1 atom stereocenters. The van der Waals surface area contributed by atoms with Gasteiger partial charge in [0, 0.05) is 35.8 Å². The number of benzene rings is 2. The van der Waals surface area contributed by atoms with Crippen LogP contribution in [0.15, 0.2) is 76.8 Å². The summed E-state index contributed by atoms with van der Waals surface area (Å²) in [6, 6.07) is 18.3. The number of nitrogens with zero attached hydrogens (tertiary/aromatic N) is 3. The summed E-state index contributed by atoms with van der Waals surface area (Å²) in [4.78, 5) is 10.5. The van der Waals surface area contributed by atoms with Crippen molar-refractivity contribution in [2.45, 2.75) is 74.3 Å². The lowest BCUT2D eigenvalue weighted by molar-refractivity contribution is 0.151. The lowest BCUT2D eigenvalue weighted by Gasteiger charge is -2.24. The van der Waals surface area contributed by atoms with Gasteiger partial charge in [-0.15, -0.1) is 0 Å². The van der Waals surface area contributed by atoms with Gasteiger partial charge in [-0.1, -0.05) is 36.8 Å². The fourth-order valence-corrected chi connectivity index (χ4v) is 5.95. The minimum Gasteiger partial charge on any atom is -0.489 e. The molecule has 2 aromatic heterocycles. The Balaban J connectivity index is 1.62. The Bertz CT molecular complexity index is 1280. The molecule has 5 rings (SSSR count). The molecule has 0 spiro atoms. The van der Waals surface area contributed by atoms with E-state index in [-0.39, 0.29) is 12.1 Å². The van der Waals surface area contributed by atoms with Gasteiger partial charge in [-0.2, -0.15) is 0 Å². The molecule has 5 nitrogen and oxygen atoms in total. The second-order valence-electron chi connectivity index (χ2n) is 9.27. The number of hydrogen-bond acceptors (Lipinski definition) is 4. The van der Waals surface area contributed by atoms with E-state index in [9.17, 15) is 4.21 Å². The highest BCUT2D eigenvalue weighted by atomic mass is 32.2. The van der Waals surface area contributed by atoms with Crippen LogP contribution in [-0.2, 0) is 17.2 Å². The van der Waals surface area contributed by atoms with Gasteiger partial charge in [0.25, 0.3) is 0 Å². The Morgan fingerprint density at radius 1 is 1.03 bits per heavy atom. The molecule has 1 saturated carbocycles. The van der Waals surface area contributed by atoms with Crippen LogP contribution in [0.3, 0.4) is 0 Å². The number of fused-ring (bicyclic) bond motifs is 1. The molecule has 176 valence electrons. The Morgan fingerprint density at radius 2 is 1.76 bits per heavy atom.